The molecule has 2 fully saturated rings. The van der Waals surface area contributed by atoms with Crippen LogP contribution in [0, 0.1) is 12.3 Å². The minimum atomic E-state index is -3.08. The molecule has 0 saturated carbocycles. The zero-order valence-electron chi connectivity index (χ0n) is 39.5. The summed E-state index contributed by atoms with van der Waals surface area (Å²) in [5.74, 6) is 2.32. The smallest absolute Gasteiger partial charge is 0.445 e. The van der Waals surface area contributed by atoms with Gasteiger partial charge in [-0.05, 0) is 70.6 Å². The third-order valence-electron chi connectivity index (χ3n) is 12.5. The Hall–Kier alpha value is -6.83. The van der Waals surface area contributed by atoms with E-state index in [0.29, 0.717) is 31.7 Å². The quantitative estimate of drug-likeness (QED) is 0.0402. The monoisotopic (exact) mass is 951 g/mol. The van der Waals surface area contributed by atoms with Gasteiger partial charge in [0.2, 0.25) is 0 Å². The lowest BCUT2D eigenvalue weighted by Gasteiger charge is -2.43. The van der Waals surface area contributed by atoms with E-state index in [1.807, 2.05) is 60.7 Å². The van der Waals surface area contributed by atoms with E-state index < -0.39 is 44.5 Å². The van der Waals surface area contributed by atoms with E-state index in [2.05, 4.69) is 72.7 Å². The summed E-state index contributed by atoms with van der Waals surface area (Å²) in [5, 5.41) is 4.44. The summed E-state index contributed by atoms with van der Waals surface area (Å²) >= 11 is 0. The van der Waals surface area contributed by atoms with Crippen LogP contribution in [0.5, 0.6) is 0 Å². The number of hydrogen-bond acceptors (Lipinski definition) is 11. The molecule has 1 aromatic heterocycles. The van der Waals surface area contributed by atoms with E-state index in [1.165, 1.54) is 16.8 Å². The van der Waals surface area contributed by atoms with Gasteiger partial charge in [0.15, 0.2) is 0 Å². The zero-order chi connectivity index (χ0) is 48.8. The van der Waals surface area contributed by atoms with Crippen molar-refractivity contribution in [3.63, 3.8) is 0 Å². The van der Waals surface area contributed by atoms with E-state index >= 15 is 0 Å². The van der Waals surface area contributed by atoms with Crippen molar-refractivity contribution in [1.29, 1.82) is 0 Å². The van der Waals surface area contributed by atoms with Crippen LogP contribution < -0.4 is 21.4 Å². The average molecular weight is 952 g/mol. The normalized spacial score (nSPS) is 18.2. The molecular formula is C54H61N5O9Si. The van der Waals surface area contributed by atoms with Gasteiger partial charge in [0.25, 0.3) is 14.2 Å². The van der Waals surface area contributed by atoms with Gasteiger partial charge in [0.05, 0.1) is 6.61 Å². The van der Waals surface area contributed by atoms with Gasteiger partial charge < -0.3 is 33.6 Å². The fourth-order valence-corrected chi connectivity index (χ4v) is 13.7. The van der Waals surface area contributed by atoms with Crippen molar-refractivity contribution in [2.24, 2.45) is 0 Å². The Bertz CT molecular complexity index is 2560. The van der Waals surface area contributed by atoms with Gasteiger partial charge in [-0.1, -0.05) is 130 Å². The topological polar surface area (TPSA) is 151 Å². The van der Waals surface area contributed by atoms with Crippen LogP contribution in [0.2, 0.25) is 5.04 Å². The number of aromatic nitrogens is 2. The molecular weight excluding hydrogens is 891 g/mol. The average Bonchev–Trinajstić information content (AvgIpc) is 3.75. The van der Waals surface area contributed by atoms with Gasteiger partial charge in [-0.15, -0.1) is 6.42 Å². The number of hydrogen-bond donors (Lipinski definition) is 1. The highest BCUT2D eigenvalue weighted by Crippen LogP contribution is 2.38. The third kappa shape index (κ3) is 12.6. The molecule has 5 aromatic rings. The first kappa shape index (κ1) is 50.1. The van der Waals surface area contributed by atoms with E-state index in [4.69, 9.17) is 29.8 Å². The number of piperidine rings is 1. The Morgan fingerprint density at radius 1 is 0.928 bits per heavy atom. The van der Waals surface area contributed by atoms with Gasteiger partial charge in [-0.25, -0.2) is 14.4 Å². The summed E-state index contributed by atoms with van der Waals surface area (Å²) in [5.41, 5.74) is 1.51. The van der Waals surface area contributed by atoms with Crippen LogP contribution in [0.1, 0.15) is 74.2 Å². The zero-order valence-corrected chi connectivity index (χ0v) is 40.5. The minimum Gasteiger partial charge on any atom is -0.445 e. The number of carbonyl (C=O) groups is 3. The second-order valence-corrected chi connectivity index (χ2v) is 22.5. The van der Waals surface area contributed by atoms with Crippen LogP contribution >= 0.6 is 0 Å². The van der Waals surface area contributed by atoms with Gasteiger partial charge in [0.1, 0.15) is 37.5 Å². The fraction of sp³-hybridized carbons (Fsp3) is 0.352. The van der Waals surface area contributed by atoms with Crippen molar-refractivity contribution in [1.82, 2.24) is 19.4 Å². The van der Waals surface area contributed by atoms with Crippen LogP contribution in [0.25, 0.3) is 0 Å². The molecule has 0 spiro atoms. The highest BCUT2D eigenvalue weighted by atomic mass is 28.4. The predicted molar refractivity (Wildman–Crippen MR) is 267 cm³/mol. The summed E-state index contributed by atoms with van der Waals surface area (Å²) in [6.45, 7) is 12.2. The van der Waals surface area contributed by atoms with Gasteiger partial charge >= 0.3 is 17.9 Å². The highest BCUT2D eigenvalue weighted by molar-refractivity contribution is 6.99. The van der Waals surface area contributed by atoms with Crippen molar-refractivity contribution in [3.05, 3.63) is 167 Å². The lowest BCUT2D eigenvalue weighted by molar-refractivity contribution is -0.0553. The highest BCUT2D eigenvalue weighted by Gasteiger charge is 2.52. The van der Waals surface area contributed by atoms with Crippen molar-refractivity contribution in [2.45, 2.75) is 82.5 Å². The molecule has 4 atom stereocenters. The molecule has 4 aromatic carbocycles. The second-order valence-electron chi connectivity index (χ2n) is 18.2. The van der Waals surface area contributed by atoms with E-state index in [-0.39, 0.29) is 49.2 Å². The molecule has 2 aliphatic rings. The lowest BCUT2D eigenvalue weighted by atomic mass is 10.0. The number of carbonyl (C=O) groups excluding carboxylic acids is 3. The summed E-state index contributed by atoms with van der Waals surface area (Å²) in [6.07, 6.45) is 7.49. The molecule has 2 amide bonds. The molecule has 14 nitrogen and oxygen atoms in total. The summed E-state index contributed by atoms with van der Waals surface area (Å²) in [7, 11) is -3.08. The molecule has 360 valence electrons. The number of terminal acetylenes is 1. The molecule has 1 unspecified atom stereocenters. The number of rotatable bonds is 18. The Morgan fingerprint density at radius 2 is 1.59 bits per heavy atom. The summed E-state index contributed by atoms with van der Waals surface area (Å²) in [4.78, 5) is 61.4. The standard InChI is InChI=1S/C54H61N5O9Si/c1-6-34-64-52(62)58-31-18-17-21-43(58)38-57(37-41-28-26-40(7-2)27-29-41)33-35-65-53(63)68-46-36-49(59-32-30-48(56-51(59)61)55-50(60)42-19-11-8-12-20-42)67-47(46)39-66-69(54(3,4)5,44-22-13-9-14-23-44)45-24-15-10-16-25-45/h2,6,8-16,19-20,22-30,32,43,46-47,49H,1,17-18,21,31,33-39H2,3-5H3,(H,55,56,60,61)/t43?,46-,47+,49+/m0/s1. The van der Waals surface area contributed by atoms with Crippen LogP contribution in [-0.4, -0.2) is 104 Å². The van der Waals surface area contributed by atoms with Crippen LogP contribution in [0.15, 0.2) is 145 Å². The van der Waals surface area contributed by atoms with Gasteiger partial charge in [-0.2, -0.15) is 4.98 Å². The van der Waals surface area contributed by atoms with Crippen molar-refractivity contribution in [2.75, 3.05) is 44.8 Å². The second kappa shape index (κ2) is 23.5. The third-order valence-corrected chi connectivity index (χ3v) is 17.5. The summed E-state index contributed by atoms with van der Waals surface area (Å²) in [6, 6.07) is 38.1. The Balaban J connectivity index is 1.10. The molecule has 2 aliphatic heterocycles. The first-order valence-corrected chi connectivity index (χ1v) is 25.3. The van der Waals surface area contributed by atoms with E-state index in [0.717, 1.165) is 40.8 Å². The number of ether oxygens (including phenoxy) is 4. The number of amides is 2. The van der Waals surface area contributed by atoms with Crippen molar-refractivity contribution in [3.8, 4) is 12.3 Å². The fourth-order valence-electron chi connectivity index (χ4n) is 9.15. The van der Waals surface area contributed by atoms with E-state index in [9.17, 15) is 19.2 Å². The van der Waals surface area contributed by atoms with Crippen LogP contribution in [0.4, 0.5) is 15.4 Å². The maximum Gasteiger partial charge on any atom is 0.508 e. The molecule has 0 aliphatic carbocycles. The molecule has 69 heavy (non-hydrogen) atoms. The Labute approximate surface area is 405 Å². The SMILES string of the molecule is C#Cc1ccc(CN(CCOC(=O)O[C@H]2C[C@H](n3ccc(NC(=O)c4ccccc4)nc3=O)O[C@@H]2CO[Si](c2ccccc2)(c2ccccc2)C(C)(C)C)CC2CCCCN2C(=O)OCC=C)cc1. The predicted octanol–water partition coefficient (Wildman–Crippen LogP) is 7.54. The number of likely N-dealkylation sites (tertiary alicyclic amines) is 1. The molecule has 2 saturated heterocycles. The molecule has 7 rings (SSSR count). The lowest BCUT2D eigenvalue weighted by Crippen LogP contribution is -2.67. The largest absolute Gasteiger partial charge is 0.508 e. The Morgan fingerprint density at radius 3 is 2.22 bits per heavy atom. The van der Waals surface area contributed by atoms with E-state index in [1.54, 1.807) is 41.3 Å². The maximum absolute atomic E-state index is 13.8. The van der Waals surface area contributed by atoms with Crippen LogP contribution in [0.3, 0.4) is 0 Å². The minimum absolute atomic E-state index is 0.0192. The molecule has 0 radical (unpaired) electrons. The first-order chi connectivity index (χ1) is 33.4. The maximum atomic E-state index is 13.8. The molecule has 15 heteroatoms. The number of benzene rings is 4. The van der Waals surface area contributed by atoms with Gasteiger partial charge in [0, 0.05) is 56.0 Å². The Kier molecular flexibility index (Phi) is 17.0. The summed E-state index contributed by atoms with van der Waals surface area (Å²) < 4.78 is 32.5. The molecule has 1 N–H and O–H groups in total. The molecule has 0 bridgehead atoms. The number of anilines is 1. The molecule has 3 heterocycles. The van der Waals surface area contributed by atoms with Crippen LogP contribution in [-0.2, 0) is 29.9 Å². The van der Waals surface area contributed by atoms with Gasteiger partial charge in [-0.3, -0.25) is 14.3 Å². The first-order valence-electron chi connectivity index (χ1n) is 23.4. The number of nitrogens with zero attached hydrogens (tertiary/aromatic N) is 4. The number of nitrogens with one attached hydrogen (secondary N) is 1. The van der Waals surface area contributed by atoms with Crippen molar-refractivity contribution < 1.29 is 37.8 Å². The van der Waals surface area contributed by atoms with Crippen molar-refractivity contribution >= 4 is 42.7 Å².